The molecule has 2 aromatic rings. The summed E-state index contributed by atoms with van der Waals surface area (Å²) in [6, 6.07) is 15.3. The first-order valence-corrected chi connectivity index (χ1v) is 8.25. The molecule has 2 nitrogen and oxygen atoms in total. The fraction of sp³-hybridized carbons (Fsp3) is 0.474. The SMILES string of the molecule is NC(N)CCCCCCCCc1cccc2ccccc12. The summed E-state index contributed by atoms with van der Waals surface area (Å²) in [6.07, 6.45) is 9.68. The van der Waals surface area contributed by atoms with Gasteiger partial charge in [-0.05, 0) is 35.6 Å². The molecule has 114 valence electrons. The lowest BCUT2D eigenvalue weighted by molar-refractivity contribution is 0.540. The zero-order chi connectivity index (χ0) is 14.9. The molecule has 0 aliphatic rings. The van der Waals surface area contributed by atoms with Crippen LogP contribution in [0.25, 0.3) is 10.8 Å². The predicted molar refractivity (Wildman–Crippen MR) is 92.1 cm³/mol. The maximum Gasteiger partial charge on any atom is 0.0520 e. The molecule has 0 atom stereocenters. The van der Waals surface area contributed by atoms with Crippen LogP contribution in [-0.4, -0.2) is 6.17 Å². The average Bonchev–Trinajstić information content (AvgIpc) is 2.50. The maximum atomic E-state index is 5.54. The standard InChI is InChI=1S/C19H28N2/c20-19(21)15-6-4-2-1-3-5-10-16-12-9-13-17-11-7-8-14-18(16)17/h7-9,11-14,19H,1-6,10,15,20-21H2. The first kappa shape index (κ1) is 16.0. The van der Waals surface area contributed by atoms with Crippen LogP contribution in [0.3, 0.4) is 0 Å². The van der Waals surface area contributed by atoms with Gasteiger partial charge in [0.05, 0.1) is 6.17 Å². The van der Waals surface area contributed by atoms with Crippen LogP contribution < -0.4 is 11.5 Å². The molecular weight excluding hydrogens is 256 g/mol. The van der Waals surface area contributed by atoms with Gasteiger partial charge in [-0.15, -0.1) is 0 Å². The number of aryl methyl sites for hydroxylation is 1. The number of unbranched alkanes of at least 4 members (excludes halogenated alkanes) is 5. The molecule has 0 saturated carbocycles. The Morgan fingerprint density at radius 3 is 2.19 bits per heavy atom. The van der Waals surface area contributed by atoms with E-state index in [2.05, 4.69) is 42.5 Å². The summed E-state index contributed by atoms with van der Waals surface area (Å²) in [5.74, 6) is 0. The Kier molecular flexibility index (Phi) is 6.71. The van der Waals surface area contributed by atoms with Crippen molar-refractivity contribution in [3.05, 3.63) is 48.0 Å². The zero-order valence-electron chi connectivity index (χ0n) is 12.9. The molecule has 21 heavy (non-hydrogen) atoms. The van der Waals surface area contributed by atoms with Gasteiger partial charge in [0, 0.05) is 0 Å². The molecular formula is C19H28N2. The first-order chi connectivity index (χ1) is 10.3. The number of rotatable bonds is 9. The van der Waals surface area contributed by atoms with Gasteiger partial charge in [0.1, 0.15) is 0 Å². The number of fused-ring (bicyclic) bond motifs is 1. The summed E-state index contributed by atoms with van der Waals surface area (Å²) < 4.78 is 0. The topological polar surface area (TPSA) is 52.0 Å². The fourth-order valence-corrected chi connectivity index (χ4v) is 2.91. The third kappa shape index (κ3) is 5.49. The van der Waals surface area contributed by atoms with Crippen LogP contribution in [0.4, 0.5) is 0 Å². The molecule has 0 bridgehead atoms. The number of hydrogen-bond acceptors (Lipinski definition) is 2. The van der Waals surface area contributed by atoms with Gasteiger partial charge in [0.2, 0.25) is 0 Å². The fourth-order valence-electron chi connectivity index (χ4n) is 2.91. The second-order valence-electron chi connectivity index (χ2n) is 5.96. The van der Waals surface area contributed by atoms with Crippen molar-refractivity contribution in [3.8, 4) is 0 Å². The lowest BCUT2D eigenvalue weighted by Gasteiger charge is -2.07. The highest BCUT2D eigenvalue weighted by molar-refractivity contribution is 5.85. The van der Waals surface area contributed by atoms with Crippen LogP contribution in [0, 0.1) is 0 Å². The van der Waals surface area contributed by atoms with Crippen LogP contribution in [-0.2, 0) is 6.42 Å². The Labute approximate surface area is 128 Å². The molecule has 0 saturated heterocycles. The van der Waals surface area contributed by atoms with Gasteiger partial charge in [0.25, 0.3) is 0 Å². The minimum atomic E-state index is -0.128. The number of hydrogen-bond donors (Lipinski definition) is 2. The van der Waals surface area contributed by atoms with Gasteiger partial charge in [0.15, 0.2) is 0 Å². The van der Waals surface area contributed by atoms with Crippen molar-refractivity contribution in [3.63, 3.8) is 0 Å². The number of nitrogens with two attached hydrogens (primary N) is 2. The lowest BCUT2D eigenvalue weighted by Crippen LogP contribution is -2.29. The molecule has 0 aliphatic heterocycles. The molecule has 0 radical (unpaired) electrons. The van der Waals surface area contributed by atoms with Gasteiger partial charge in [-0.25, -0.2) is 0 Å². The molecule has 0 aromatic heterocycles. The second-order valence-corrected chi connectivity index (χ2v) is 5.96. The van der Waals surface area contributed by atoms with Crippen LogP contribution in [0.5, 0.6) is 0 Å². The van der Waals surface area contributed by atoms with Crippen LogP contribution in [0.2, 0.25) is 0 Å². The van der Waals surface area contributed by atoms with E-state index in [0.29, 0.717) is 0 Å². The summed E-state index contributed by atoms with van der Waals surface area (Å²) in [5.41, 5.74) is 12.6. The molecule has 0 amide bonds. The van der Waals surface area contributed by atoms with Crippen LogP contribution in [0.1, 0.15) is 50.5 Å². The van der Waals surface area contributed by atoms with Crippen LogP contribution >= 0.6 is 0 Å². The van der Waals surface area contributed by atoms with E-state index in [1.807, 2.05) is 0 Å². The van der Waals surface area contributed by atoms with E-state index >= 15 is 0 Å². The van der Waals surface area contributed by atoms with E-state index in [1.165, 1.54) is 61.3 Å². The van der Waals surface area contributed by atoms with E-state index in [4.69, 9.17) is 11.5 Å². The van der Waals surface area contributed by atoms with Gasteiger partial charge in [-0.1, -0.05) is 74.6 Å². The van der Waals surface area contributed by atoms with E-state index in [-0.39, 0.29) is 6.17 Å². The minimum Gasteiger partial charge on any atom is -0.316 e. The lowest BCUT2D eigenvalue weighted by atomic mass is 9.99. The van der Waals surface area contributed by atoms with Crippen molar-refractivity contribution < 1.29 is 0 Å². The molecule has 2 heteroatoms. The monoisotopic (exact) mass is 284 g/mol. The summed E-state index contributed by atoms with van der Waals surface area (Å²) in [6.45, 7) is 0. The van der Waals surface area contributed by atoms with Crippen molar-refractivity contribution in [2.75, 3.05) is 0 Å². The summed E-state index contributed by atoms with van der Waals surface area (Å²) in [7, 11) is 0. The third-order valence-electron chi connectivity index (χ3n) is 4.11. The Bertz CT molecular complexity index is 529. The Morgan fingerprint density at radius 1 is 0.714 bits per heavy atom. The minimum absolute atomic E-state index is 0.128. The van der Waals surface area contributed by atoms with Gasteiger partial charge in [-0.3, -0.25) is 0 Å². The zero-order valence-corrected chi connectivity index (χ0v) is 12.9. The van der Waals surface area contributed by atoms with Crippen LogP contribution in [0.15, 0.2) is 42.5 Å². The van der Waals surface area contributed by atoms with Crippen molar-refractivity contribution >= 4 is 10.8 Å². The summed E-state index contributed by atoms with van der Waals surface area (Å²) in [5, 5.41) is 2.77. The quantitative estimate of drug-likeness (QED) is 0.531. The van der Waals surface area contributed by atoms with Crippen molar-refractivity contribution in [1.82, 2.24) is 0 Å². The van der Waals surface area contributed by atoms with Crippen molar-refractivity contribution in [1.29, 1.82) is 0 Å². The first-order valence-electron chi connectivity index (χ1n) is 8.25. The highest BCUT2D eigenvalue weighted by Crippen LogP contribution is 2.20. The summed E-state index contributed by atoms with van der Waals surface area (Å²) in [4.78, 5) is 0. The molecule has 2 aromatic carbocycles. The van der Waals surface area contributed by atoms with Crippen molar-refractivity contribution in [2.45, 2.75) is 57.5 Å². The molecule has 0 unspecified atom stereocenters. The predicted octanol–water partition coefficient (Wildman–Crippen LogP) is 4.36. The smallest absolute Gasteiger partial charge is 0.0520 e. The van der Waals surface area contributed by atoms with E-state index in [0.717, 1.165) is 6.42 Å². The van der Waals surface area contributed by atoms with E-state index in [9.17, 15) is 0 Å². The molecule has 4 N–H and O–H groups in total. The Balaban J connectivity index is 1.66. The molecule has 0 heterocycles. The van der Waals surface area contributed by atoms with Gasteiger partial charge in [-0.2, -0.15) is 0 Å². The molecule has 0 aliphatic carbocycles. The Hall–Kier alpha value is -1.38. The highest BCUT2D eigenvalue weighted by atomic mass is 14.8. The summed E-state index contributed by atoms with van der Waals surface area (Å²) >= 11 is 0. The Morgan fingerprint density at radius 2 is 1.38 bits per heavy atom. The van der Waals surface area contributed by atoms with E-state index < -0.39 is 0 Å². The maximum absolute atomic E-state index is 5.54. The molecule has 2 rings (SSSR count). The highest BCUT2D eigenvalue weighted by Gasteiger charge is 2.00. The normalized spacial score (nSPS) is 11.4. The van der Waals surface area contributed by atoms with Crippen molar-refractivity contribution in [2.24, 2.45) is 11.5 Å². The number of benzene rings is 2. The largest absolute Gasteiger partial charge is 0.316 e. The third-order valence-corrected chi connectivity index (χ3v) is 4.11. The molecule has 0 spiro atoms. The average molecular weight is 284 g/mol. The molecule has 0 fully saturated rings. The van der Waals surface area contributed by atoms with E-state index in [1.54, 1.807) is 0 Å². The second kappa shape index (κ2) is 8.81. The van der Waals surface area contributed by atoms with Gasteiger partial charge < -0.3 is 11.5 Å². The van der Waals surface area contributed by atoms with Gasteiger partial charge >= 0.3 is 0 Å².